The van der Waals surface area contributed by atoms with Gasteiger partial charge in [-0.3, -0.25) is 0 Å². The van der Waals surface area contributed by atoms with Crippen LogP contribution in [0.1, 0.15) is 12.5 Å². The van der Waals surface area contributed by atoms with Gasteiger partial charge in [0.25, 0.3) is 0 Å². The van der Waals surface area contributed by atoms with Crippen molar-refractivity contribution in [3.05, 3.63) is 27.7 Å². The van der Waals surface area contributed by atoms with Crippen LogP contribution in [-0.4, -0.2) is 15.0 Å². The molecule has 0 atom stereocenters. The first-order valence-electron chi connectivity index (χ1n) is 4.46. The zero-order valence-corrected chi connectivity index (χ0v) is 11.5. The molecule has 3 nitrogen and oxygen atoms in total. The zero-order valence-electron chi connectivity index (χ0n) is 8.43. The van der Waals surface area contributed by atoms with Gasteiger partial charge in [0.05, 0.1) is 5.02 Å². The van der Waals surface area contributed by atoms with Gasteiger partial charge in [-0.05, 0) is 17.7 Å². The summed E-state index contributed by atoms with van der Waals surface area (Å²) in [4.78, 5) is -0.00364. The fourth-order valence-corrected chi connectivity index (χ4v) is 3.34. The first-order valence-corrected chi connectivity index (χ1v) is 7.23. The molecule has 0 aliphatic carbocycles. The van der Waals surface area contributed by atoms with E-state index in [1.54, 1.807) is 6.92 Å². The number of sulfonamides is 1. The van der Waals surface area contributed by atoms with E-state index in [9.17, 15) is 8.42 Å². The molecule has 1 aromatic carbocycles. The lowest BCUT2D eigenvalue weighted by molar-refractivity contribution is 0.584. The number of rotatable bonds is 4. The molecular weight excluding hydrogens is 293 g/mol. The lowest BCUT2D eigenvalue weighted by atomic mass is 10.2. The second kappa shape index (κ2) is 5.56. The van der Waals surface area contributed by atoms with E-state index in [1.165, 1.54) is 12.1 Å². The Kier molecular flexibility index (Phi) is 4.88. The predicted molar refractivity (Wildman–Crippen MR) is 66.9 cm³/mol. The summed E-state index contributed by atoms with van der Waals surface area (Å²) in [6, 6.07) is 2.76. The maximum absolute atomic E-state index is 11.8. The van der Waals surface area contributed by atoms with Crippen molar-refractivity contribution in [2.24, 2.45) is 0 Å². The van der Waals surface area contributed by atoms with E-state index in [1.807, 2.05) is 0 Å². The highest BCUT2D eigenvalue weighted by Crippen LogP contribution is 2.29. The highest BCUT2D eigenvalue weighted by molar-refractivity contribution is 7.89. The highest BCUT2D eigenvalue weighted by atomic mass is 35.5. The summed E-state index contributed by atoms with van der Waals surface area (Å²) >= 11 is 17.3. The summed E-state index contributed by atoms with van der Waals surface area (Å²) in [5.41, 5.74) is 0.532. The second-order valence-corrected chi connectivity index (χ2v) is 5.83. The molecule has 0 saturated heterocycles. The van der Waals surface area contributed by atoms with Crippen LogP contribution in [-0.2, 0) is 15.9 Å². The molecule has 0 unspecified atom stereocenters. The van der Waals surface area contributed by atoms with Crippen LogP contribution in [0.25, 0.3) is 0 Å². The average molecular weight is 303 g/mol. The predicted octanol–water partition coefficient (Wildman–Crippen LogP) is 3.03. The topological polar surface area (TPSA) is 46.2 Å². The van der Waals surface area contributed by atoms with E-state index < -0.39 is 10.0 Å². The van der Waals surface area contributed by atoms with Gasteiger partial charge in [0.1, 0.15) is 4.90 Å². The minimum Gasteiger partial charge on any atom is -0.211 e. The number of hydrogen-bond donors (Lipinski definition) is 1. The third-order valence-electron chi connectivity index (χ3n) is 1.87. The third kappa shape index (κ3) is 3.02. The van der Waals surface area contributed by atoms with Crippen molar-refractivity contribution in [1.82, 2.24) is 4.72 Å². The maximum atomic E-state index is 11.8. The first kappa shape index (κ1) is 14.1. The molecule has 0 saturated carbocycles. The van der Waals surface area contributed by atoms with Crippen LogP contribution in [0.4, 0.5) is 0 Å². The molecule has 1 N–H and O–H groups in total. The number of alkyl halides is 1. The van der Waals surface area contributed by atoms with Gasteiger partial charge in [-0.1, -0.05) is 30.1 Å². The minimum absolute atomic E-state index is 0.00364. The quantitative estimate of drug-likeness (QED) is 0.869. The average Bonchev–Trinajstić information content (AvgIpc) is 2.17. The fraction of sp³-hybridized carbons (Fsp3) is 0.333. The zero-order chi connectivity index (χ0) is 12.3. The monoisotopic (exact) mass is 301 g/mol. The molecule has 0 spiro atoms. The van der Waals surface area contributed by atoms with Crippen LogP contribution in [0, 0.1) is 0 Å². The Labute approximate surface area is 110 Å². The Morgan fingerprint density at radius 3 is 2.38 bits per heavy atom. The van der Waals surface area contributed by atoms with Crippen LogP contribution in [0.5, 0.6) is 0 Å². The molecular formula is C9H10Cl3NO2S. The van der Waals surface area contributed by atoms with Gasteiger partial charge in [0, 0.05) is 17.4 Å². The molecule has 1 rings (SSSR count). The molecule has 0 bridgehead atoms. The summed E-state index contributed by atoms with van der Waals surface area (Å²) in [6.07, 6.45) is 0. The summed E-state index contributed by atoms with van der Waals surface area (Å²) in [7, 11) is -3.59. The molecule has 0 aliphatic rings. The fourth-order valence-electron chi connectivity index (χ4n) is 1.15. The van der Waals surface area contributed by atoms with Crippen LogP contribution < -0.4 is 4.72 Å². The van der Waals surface area contributed by atoms with E-state index in [-0.39, 0.29) is 22.3 Å². The standard InChI is InChI=1S/C9H10Cl3NO2S/c1-2-13-16(14,15)9-3-6(5-10)7(11)4-8(9)12/h3-4,13H,2,5H2,1H3. The van der Waals surface area contributed by atoms with Crippen LogP contribution in [0.2, 0.25) is 10.0 Å². The lowest BCUT2D eigenvalue weighted by Gasteiger charge is -2.09. The van der Waals surface area contributed by atoms with Gasteiger partial charge in [0.15, 0.2) is 0 Å². The van der Waals surface area contributed by atoms with Crippen molar-refractivity contribution >= 4 is 44.8 Å². The Hall–Kier alpha value is -0.000000000000000111. The van der Waals surface area contributed by atoms with Gasteiger partial charge in [-0.15, -0.1) is 11.6 Å². The lowest BCUT2D eigenvalue weighted by Crippen LogP contribution is -2.23. The molecule has 7 heteroatoms. The summed E-state index contributed by atoms with van der Waals surface area (Å²) in [5, 5.41) is 0.440. The smallest absolute Gasteiger partial charge is 0.211 e. The second-order valence-electron chi connectivity index (χ2n) is 3.01. The van der Waals surface area contributed by atoms with Gasteiger partial charge < -0.3 is 0 Å². The van der Waals surface area contributed by atoms with Crippen molar-refractivity contribution in [2.45, 2.75) is 17.7 Å². The third-order valence-corrected chi connectivity index (χ3v) is 4.52. The summed E-state index contributed by atoms with van der Waals surface area (Å²) in [5.74, 6) is 0.130. The van der Waals surface area contributed by atoms with Crippen molar-refractivity contribution in [3.63, 3.8) is 0 Å². The van der Waals surface area contributed by atoms with Crippen molar-refractivity contribution in [2.75, 3.05) is 6.54 Å². The molecule has 0 fully saturated rings. The largest absolute Gasteiger partial charge is 0.242 e. The van der Waals surface area contributed by atoms with E-state index in [0.29, 0.717) is 10.6 Å². The number of benzene rings is 1. The number of nitrogens with one attached hydrogen (secondary N) is 1. The first-order chi connectivity index (χ1) is 7.42. The molecule has 0 radical (unpaired) electrons. The Bertz CT molecular complexity index is 488. The Balaban J connectivity index is 3.34. The molecule has 90 valence electrons. The Morgan fingerprint density at radius 1 is 1.25 bits per heavy atom. The van der Waals surface area contributed by atoms with E-state index in [0.717, 1.165) is 0 Å². The van der Waals surface area contributed by atoms with Crippen molar-refractivity contribution in [3.8, 4) is 0 Å². The molecule has 16 heavy (non-hydrogen) atoms. The molecule has 0 aromatic heterocycles. The van der Waals surface area contributed by atoms with Crippen LogP contribution in [0.3, 0.4) is 0 Å². The van der Waals surface area contributed by atoms with Gasteiger partial charge in [-0.2, -0.15) is 0 Å². The minimum atomic E-state index is -3.59. The molecule has 0 amide bonds. The van der Waals surface area contributed by atoms with Gasteiger partial charge >= 0.3 is 0 Å². The SMILES string of the molecule is CCNS(=O)(=O)c1cc(CCl)c(Cl)cc1Cl. The Morgan fingerprint density at radius 2 is 1.88 bits per heavy atom. The van der Waals surface area contributed by atoms with Gasteiger partial charge in [0.2, 0.25) is 10.0 Å². The summed E-state index contributed by atoms with van der Waals surface area (Å²) in [6.45, 7) is 1.97. The molecule has 0 heterocycles. The van der Waals surface area contributed by atoms with E-state index in [2.05, 4.69) is 4.72 Å². The van der Waals surface area contributed by atoms with Crippen LogP contribution in [0.15, 0.2) is 17.0 Å². The van der Waals surface area contributed by atoms with Crippen LogP contribution >= 0.6 is 34.8 Å². The maximum Gasteiger partial charge on any atom is 0.242 e. The summed E-state index contributed by atoms with van der Waals surface area (Å²) < 4.78 is 25.9. The van der Waals surface area contributed by atoms with Crippen molar-refractivity contribution in [1.29, 1.82) is 0 Å². The van der Waals surface area contributed by atoms with E-state index >= 15 is 0 Å². The van der Waals surface area contributed by atoms with Gasteiger partial charge in [-0.25, -0.2) is 13.1 Å². The molecule has 1 aromatic rings. The van der Waals surface area contributed by atoms with Crippen molar-refractivity contribution < 1.29 is 8.42 Å². The number of halogens is 3. The number of hydrogen-bond acceptors (Lipinski definition) is 2. The normalized spacial score (nSPS) is 11.8. The van der Waals surface area contributed by atoms with E-state index in [4.69, 9.17) is 34.8 Å². The molecule has 0 aliphatic heterocycles. The highest BCUT2D eigenvalue weighted by Gasteiger charge is 2.18.